The Morgan fingerprint density at radius 2 is 2.07 bits per heavy atom. The number of nitrogens with one attached hydrogen (secondary N) is 1. The molecule has 0 spiro atoms. The zero-order valence-electron chi connectivity index (χ0n) is 9.70. The van der Waals surface area contributed by atoms with E-state index in [1.165, 1.54) is 6.33 Å². The number of nitrogen functional groups attached to an aromatic ring is 1. The first-order chi connectivity index (χ1) is 7.19. The van der Waals surface area contributed by atoms with Crippen molar-refractivity contribution in [3.05, 3.63) is 12.5 Å². The average Bonchev–Trinajstić information content (AvgIpc) is 2.23. The lowest BCUT2D eigenvalue weighted by molar-refractivity contribution is 0.437. The minimum absolute atomic E-state index is 0.386. The van der Waals surface area contributed by atoms with E-state index in [1.54, 1.807) is 6.20 Å². The van der Waals surface area contributed by atoms with Gasteiger partial charge in [0.05, 0.1) is 11.9 Å². The van der Waals surface area contributed by atoms with Crippen LogP contribution >= 0.6 is 0 Å². The number of nitrogens with two attached hydrogens (primary N) is 1. The molecule has 0 aliphatic rings. The molecule has 1 atom stereocenters. The number of nitrogens with zero attached hydrogens (tertiary/aromatic N) is 2. The summed E-state index contributed by atoms with van der Waals surface area (Å²) in [6.45, 7) is 6.57. The fourth-order valence-corrected chi connectivity index (χ4v) is 1.79. The van der Waals surface area contributed by atoms with Crippen LogP contribution < -0.4 is 11.1 Å². The van der Waals surface area contributed by atoms with Crippen molar-refractivity contribution < 1.29 is 0 Å². The minimum Gasteiger partial charge on any atom is -0.394 e. The van der Waals surface area contributed by atoms with E-state index in [1.807, 2.05) is 0 Å². The Bertz CT molecular complexity index is 296. The molecule has 3 N–H and O–H groups in total. The van der Waals surface area contributed by atoms with E-state index in [-0.39, 0.29) is 0 Å². The van der Waals surface area contributed by atoms with Crippen molar-refractivity contribution in [1.82, 2.24) is 9.97 Å². The fraction of sp³-hybridized carbons (Fsp3) is 0.636. The van der Waals surface area contributed by atoms with Crippen LogP contribution in [-0.2, 0) is 0 Å². The predicted octanol–water partition coefficient (Wildman–Crippen LogP) is 2.30. The molecule has 4 heteroatoms. The van der Waals surface area contributed by atoms with E-state index in [0.29, 0.717) is 17.6 Å². The van der Waals surface area contributed by atoms with Crippen molar-refractivity contribution in [2.24, 2.45) is 5.92 Å². The Kier molecular flexibility index (Phi) is 4.34. The maximum absolute atomic E-state index is 5.76. The molecule has 84 valence electrons. The van der Waals surface area contributed by atoms with Gasteiger partial charge in [-0.1, -0.05) is 26.7 Å². The van der Waals surface area contributed by atoms with Crippen molar-refractivity contribution >= 4 is 11.5 Å². The van der Waals surface area contributed by atoms with E-state index >= 15 is 0 Å². The standard InChI is InChI=1S/C11H20N4/c1-4-9(5-2)8(3)15-11-10(12)6-13-7-14-11/h6-9H,4-5,12H2,1-3H3,(H,13,14,15). The van der Waals surface area contributed by atoms with Gasteiger partial charge < -0.3 is 11.1 Å². The van der Waals surface area contributed by atoms with Crippen LogP contribution in [0.3, 0.4) is 0 Å². The molecule has 0 saturated carbocycles. The number of aromatic nitrogens is 2. The highest BCUT2D eigenvalue weighted by Crippen LogP contribution is 2.19. The predicted molar refractivity (Wildman–Crippen MR) is 63.6 cm³/mol. The van der Waals surface area contributed by atoms with Gasteiger partial charge in [-0.3, -0.25) is 0 Å². The second kappa shape index (κ2) is 5.53. The van der Waals surface area contributed by atoms with E-state index in [0.717, 1.165) is 18.7 Å². The van der Waals surface area contributed by atoms with Gasteiger partial charge in [-0.05, 0) is 12.8 Å². The quantitative estimate of drug-likeness (QED) is 0.779. The molecule has 1 heterocycles. The van der Waals surface area contributed by atoms with Crippen LogP contribution in [0.25, 0.3) is 0 Å². The van der Waals surface area contributed by atoms with Gasteiger partial charge >= 0.3 is 0 Å². The third kappa shape index (κ3) is 3.08. The van der Waals surface area contributed by atoms with Crippen molar-refractivity contribution in [3.8, 4) is 0 Å². The summed E-state index contributed by atoms with van der Waals surface area (Å²) < 4.78 is 0. The molecule has 1 aromatic rings. The lowest BCUT2D eigenvalue weighted by atomic mass is 9.95. The topological polar surface area (TPSA) is 63.8 Å². The Balaban J connectivity index is 2.65. The summed E-state index contributed by atoms with van der Waals surface area (Å²) in [5, 5.41) is 3.34. The summed E-state index contributed by atoms with van der Waals surface area (Å²) in [5.41, 5.74) is 6.37. The van der Waals surface area contributed by atoms with Gasteiger partial charge in [0.15, 0.2) is 5.82 Å². The minimum atomic E-state index is 0.386. The van der Waals surface area contributed by atoms with E-state index in [4.69, 9.17) is 5.73 Å². The van der Waals surface area contributed by atoms with Crippen LogP contribution in [0.15, 0.2) is 12.5 Å². The van der Waals surface area contributed by atoms with E-state index < -0.39 is 0 Å². The Hall–Kier alpha value is -1.32. The molecule has 15 heavy (non-hydrogen) atoms. The Labute approximate surface area is 91.3 Å². The summed E-state index contributed by atoms with van der Waals surface area (Å²) in [7, 11) is 0. The van der Waals surface area contributed by atoms with Crippen LogP contribution in [0.2, 0.25) is 0 Å². The highest BCUT2D eigenvalue weighted by molar-refractivity contribution is 5.59. The van der Waals surface area contributed by atoms with E-state index in [9.17, 15) is 0 Å². The molecule has 1 aromatic heterocycles. The molecule has 0 radical (unpaired) electrons. The maximum Gasteiger partial charge on any atom is 0.152 e. The van der Waals surface area contributed by atoms with Gasteiger partial charge in [-0.2, -0.15) is 0 Å². The fourth-order valence-electron chi connectivity index (χ4n) is 1.79. The molecule has 0 bridgehead atoms. The monoisotopic (exact) mass is 208 g/mol. The van der Waals surface area contributed by atoms with E-state index in [2.05, 4.69) is 36.1 Å². The van der Waals surface area contributed by atoms with Gasteiger partial charge in [-0.25, -0.2) is 9.97 Å². The highest BCUT2D eigenvalue weighted by Gasteiger charge is 2.14. The van der Waals surface area contributed by atoms with Crippen LogP contribution in [0, 0.1) is 5.92 Å². The smallest absolute Gasteiger partial charge is 0.152 e. The molecule has 1 rings (SSSR count). The van der Waals surface area contributed by atoms with Gasteiger partial charge in [0, 0.05) is 6.04 Å². The molecule has 0 aliphatic heterocycles. The zero-order chi connectivity index (χ0) is 11.3. The van der Waals surface area contributed by atoms with Crippen LogP contribution in [0.1, 0.15) is 33.6 Å². The Morgan fingerprint density at radius 3 is 2.60 bits per heavy atom. The number of hydrogen-bond donors (Lipinski definition) is 2. The first-order valence-electron chi connectivity index (χ1n) is 5.51. The van der Waals surface area contributed by atoms with Gasteiger partial charge in [0.1, 0.15) is 6.33 Å². The van der Waals surface area contributed by atoms with Crippen molar-refractivity contribution in [2.45, 2.75) is 39.7 Å². The Morgan fingerprint density at radius 1 is 1.40 bits per heavy atom. The largest absolute Gasteiger partial charge is 0.394 e. The number of rotatable bonds is 5. The van der Waals surface area contributed by atoms with Crippen molar-refractivity contribution in [3.63, 3.8) is 0 Å². The van der Waals surface area contributed by atoms with Gasteiger partial charge in [0.2, 0.25) is 0 Å². The molecule has 0 aliphatic carbocycles. The van der Waals surface area contributed by atoms with Crippen LogP contribution in [0.4, 0.5) is 11.5 Å². The third-order valence-electron chi connectivity index (χ3n) is 2.86. The summed E-state index contributed by atoms with van der Waals surface area (Å²) in [6.07, 6.45) is 5.46. The first-order valence-corrected chi connectivity index (χ1v) is 5.51. The van der Waals surface area contributed by atoms with Crippen LogP contribution in [-0.4, -0.2) is 16.0 Å². The lowest BCUT2D eigenvalue weighted by Gasteiger charge is -2.23. The second-order valence-electron chi connectivity index (χ2n) is 3.84. The summed E-state index contributed by atoms with van der Waals surface area (Å²) in [4.78, 5) is 7.98. The highest BCUT2D eigenvalue weighted by atomic mass is 15.1. The first kappa shape index (κ1) is 11.8. The maximum atomic E-state index is 5.76. The van der Waals surface area contributed by atoms with Crippen molar-refractivity contribution in [1.29, 1.82) is 0 Å². The normalized spacial score (nSPS) is 12.8. The van der Waals surface area contributed by atoms with Gasteiger partial charge in [-0.15, -0.1) is 0 Å². The molecule has 4 nitrogen and oxygen atoms in total. The molecule has 0 fully saturated rings. The molecule has 0 saturated heterocycles. The van der Waals surface area contributed by atoms with Gasteiger partial charge in [0.25, 0.3) is 0 Å². The molecule has 1 unspecified atom stereocenters. The molecule has 0 amide bonds. The molecular formula is C11H20N4. The number of hydrogen-bond acceptors (Lipinski definition) is 4. The SMILES string of the molecule is CCC(CC)C(C)Nc1ncncc1N. The zero-order valence-corrected chi connectivity index (χ0v) is 9.70. The summed E-state index contributed by atoms with van der Waals surface area (Å²) >= 11 is 0. The molecule has 0 aromatic carbocycles. The summed E-state index contributed by atoms with van der Waals surface area (Å²) in [6, 6.07) is 0.386. The van der Waals surface area contributed by atoms with Crippen molar-refractivity contribution in [2.75, 3.05) is 11.1 Å². The average molecular weight is 208 g/mol. The van der Waals surface area contributed by atoms with Crippen LogP contribution in [0.5, 0.6) is 0 Å². The number of anilines is 2. The lowest BCUT2D eigenvalue weighted by Crippen LogP contribution is -2.26. The molecular weight excluding hydrogens is 188 g/mol. The second-order valence-corrected chi connectivity index (χ2v) is 3.84. The third-order valence-corrected chi connectivity index (χ3v) is 2.86. The summed E-state index contributed by atoms with van der Waals surface area (Å²) in [5.74, 6) is 1.39.